The van der Waals surface area contributed by atoms with Gasteiger partial charge >= 0.3 is 5.97 Å². The highest BCUT2D eigenvalue weighted by molar-refractivity contribution is 5.83. The highest BCUT2D eigenvalue weighted by atomic mass is 16.4. The van der Waals surface area contributed by atoms with Crippen LogP contribution in [0.5, 0.6) is 0 Å². The topological polar surface area (TPSA) is 92.4 Å². The third-order valence-electron chi connectivity index (χ3n) is 2.72. The van der Waals surface area contributed by atoms with Crippen molar-refractivity contribution in [1.29, 1.82) is 0 Å². The first-order valence-corrected chi connectivity index (χ1v) is 5.66. The van der Waals surface area contributed by atoms with Crippen molar-refractivity contribution in [1.82, 2.24) is 5.32 Å². The summed E-state index contributed by atoms with van der Waals surface area (Å²) in [4.78, 5) is 22.7. The number of carboxylic acid groups (broad SMARTS) is 1. The van der Waals surface area contributed by atoms with Crippen LogP contribution in [0.2, 0.25) is 0 Å². The molecule has 1 rings (SSSR count). The number of amides is 1. The van der Waals surface area contributed by atoms with Crippen LogP contribution in [0, 0.1) is 5.41 Å². The second-order valence-corrected chi connectivity index (χ2v) is 4.80. The van der Waals surface area contributed by atoms with Gasteiger partial charge in [0.25, 0.3) is 0 Å². The van der Waals surface area contributed by atoms with Crippen LogP contribution in [0.25, 0.3) is 0 Å². The third kappa shape index (κ3) is 3.56. The van der Waals surface area contributed by atoms with E-state index in [-0.39, 0.29) is 12.5 Å². The van der Waals surface area contributed by atoms with Gasteiger partial charge in [0, 0.05) is 6.54 Å². The molecule has 0 aliphatic heterocycles. The third-order valence-corrected chi connectivity index (χ3v) is 2.72. The molecule has 0 fully saturated rings. The van der Waals surface area contributed by atoms with E-state index in [0.29, 0.717) is 5.56 Å². The fourth-order valence-corrected chi connectivity index (χ4v) is 1.31. The zero-order valence-corrected chi connectivity index (χ0v) is 10.5. The SMILES string of the molecule is CC(C)(CNC(=O)[C@H](N)c1ccccc1)C(=O)O. The van der Waals surface area contributed by atoms with Crippen LogP contribution in [-0.4, -0.2) is 23.5 Å². The van der Waals surface area contributed by atoms with Gasteiger partial charge in [0.05, 0.1) is 5.41 Å². The zero-order valence-electron chi connectivity index (χ0n) is 10.5. The van der Waals surface area contributed by atoms with Gasteiger partial charge in [0.2, 0.25) is 5.91 Å². The molecule has 1 atom stereocenters. The van der Waals surface area contributed by atoms with Crippen molar-refractivity contribution in [2.75, 3.05) is 6.54 Å². The van der Waals surface area contributed by atoms with Crippen LogP contribution in [0.4, 0.5) is 0 Å². The van der Waals surface area contributed by atoms with Gasteiger partial charge in [0.15, 0.2) is 0 Å². The second kappa shape index (κ2) is 5.64. The summed E-state index contributed by atoms with van der Waals surface area (Å²) in [6.45, 7) is 3.13. The fraction of sp³-hybridized carbons (Fsp3) is 0.385. The number of rotatable bonds is 5. The molecule has 0 spiro atoms. The van der Waals surface area contributed by atoms with Gasteiger partial charge in [-0.15, -0.1) is 0 Å². The molecule has 0 saturated carbocycles. The minimum Gasteiger partial charge on any atom is -0.481 e. The Balaban J connectivity index is 2.59. The molecule has 0 saturated heterocycles. The molecule has 0 heterocycles. The predicted octanol–water partition coefficient (Wildman–Crippen LogP) is 0.913. The molecule has 1 amide bonds. The number of carbonyl (C=O) groups excluding carboxylic acids is 1. The minimum absolute atomic E-state index is 0.0434. The summed E-state index contributed by atoms with van der Waals surface area (Å²) in [5.41, 5.74) is 5.47. The maximum Gasteiger partial charge on any atom is 0.310 e. The molecule has 0 unspecified atom stereocenters. The van der Waals surface area contributed by atoms with Crippen molar-refractivity contribution in [2.45, 2.75) is 19.9 Å². The molecule has 1 aromatic carbocycles. The highest BCUT2D eigenvalue weighted by Gasteiger charge is 2.28. The van der Waals surface area contributed by atoms with Crippen molar-refractivity contribution >= 4 is 11.9 Å². The van der Waals surface area contributed by atoms with Crippen molar-refractivity contribution in [3.8, 4) is 0 Å². The van der Waals surface area contributed by atoms with E-state index in [0.717, 1.165) is 0 Å². The smallest absolute Gasteiger partial charge is 0.310 e. The first-order valence-electron chi connectivity index (χ1n) is 5.66. The highest BCUT2D eigenvalue weighted by Crippen LogP contribution is 2.14. The molecule has 5 heteroatoms. The van der Waals surface area contributed by atoms with Gasteiger partial charge in [-0.25, -0.2) is 0 Å². The fourth-order valence-electron chi connectivity index (χ4n) is 1.31. The van der Waals surface area contributed by atoms with Crippen molar-refractivity contribution < 1.29 is 14.7 Å². The van der Waals surface area contributed by atoms with E-state index in [9.17, 15) is 9.59 Å². The summed E-state index contributed by atoms with van der Waals surface area (Å²) in [7, 11) is 0. The van der Waals surface area contributed by atoms with E-state index >= 15 is 0 Å². The summed E-state index contributed by atoms with van der Waals surface area (Å²) in [6, 6.07) is 8.16. The molecule has 1 aromatic rings. The van der Waals surface area contributed by atoms with Gasteiger partial charge in [-0.05, 0) is 19.4 Å². The lowest BCUT2D eigenvalue weighted by Crippen LogP contribution is -2.42. The molecule has 18 heavy (non-hydrogen) atoms. The van der Waals surface area contributed by atoms with Crippen molar-refractivity contribution in [2.24, 2.45) is 11.1 Å². The lowest BCUT2D eigenvalue weighted by molar-refractivity contribution is -0.146. The number of nitrogens with two attached hydrogens (primary N) is 1. The van der Waals surface area contributed by atoms with E-state index < -0.39 is 17.4 Å². The Morgan fingerprint density at radius 1 is 1.33 bits per heavy atom. The molecule has 98 valence electrons. The predicted molar refractivity (Wildman–Crippen MR) is 67.8 cm³/mol. The van der Waals surface area contributed by atoms with Crippen LogP contribution < -0.4 is 11.1 Å². The van der Waals surface area contributed by atoms with Gasteiger partial charge < -0.3 is 16.2 Å². The van der Waals surface area contributed by atoms with E-state index in [1.54, 1.807) is 38.1 Å². The van der Waals surface area contributed by atoms with E-state index in [4.69, 9.17) is 10.8 Å². The lowest BCUT2D eigenvalue weighted by Gasteiger charge is -2.21. The first kappa shape index (κ1) is 14.2. The van der Waals surface area contributed by atoms with Crippen molar-refractivity contribution in [3.63, 3.8) is 0 Å². The molecular weight excluding hydrogens is 232 g/mol. The summed E-state index contributed by atoms with van der Waals surface area (Å²) in [6.07, 6.45) is 0. The Labute approximate surface area is 106 Å². The summed E-state index contributed by atoms with van der Waals surface area (Å²) >= 11 is 0. The Morgan fingerprint density at radius 3 is 2.39 bits per heavy atom. The molecule has 0 aromatic heterocycles. The average molecular weight is 250 g/mol. The molecule has 4 N–H and O–H groups in total. The Kier molecular flexibility index (Phi) is 4.44. The van der Waals surface area contributed by atoms with E-state index in [1.165, 1.54) is 0 Å². The molecule has 0 bridgehead atoms. The number of carboxylic acids is 1. The second-order valence-electron chi connectivity index (χ2n) is 4.80. The summed E-state index contributed by atoms with van der Waals surface area (Å²) in [5.74, 6) is -1.34. The number of carbonyl (C=O) groups is 2. The van der Waals surface area contributed by atoms with Gasteiger partial charge in [-0.3, -0.25) is 9.59 Å². The maximum atomic E-state index is 11.8. The van der Waals surface area contributed by atoms with Gasteiger partial charge in [-0.1, -0.05) is 30.3 Å². The van der Waals surface area contributed by atoms with E-state index in [2.05, 4.69) is 5.32 Å². The van der Waals surface area contributed by atoms with Crippen molar-refractivity contribution in [3.05, 3.63) is 35.9 Å². The summed E-state index contributed by atoms with van der Waals surface area (Å²) < 4.78 is 0. The maximum absolute atomic E-state index is 11.8. The van der Waals surface area contributed by atoms with Crippen LogP contribution in [0.15, 0.2) is 30.3 Å². The Hall–Kier alpha value is -1.88. The zero-order chi connectivity index (χ0) is 13.8. The monoisotopic (exact) mass is 250 g/mol. The number of hydrogen-bond acceptors (Lipinski definition) is 3. The van der Waals surface area contributed by atoms with Crippen LogP contribution >= 0.6 is 0 Å². The minimum atomic E-state index is -1.01. The number of aliphatic carboxylic acids is 1. The standard InChI is InChI=1S/C13H18N2O3/c1-13(2,12(17)18)8-15-11(16)10(14)9-6-4-3-5-7-9/h3-7,10H,8,14H2,1-2H3,(H,15,16)(H,17,18)/t10-/m1/s1. The molecular formula is C13H18N2O3. The quantitative estimate of drug-likeness (QED) is 0.724. The molecule has 0 aliphatic rings. The van der Waals surface area contributed by atoms with Crippen LogP contribution in [0.3, 0.4) is 0 Å². The number of hydrogen-bond donors (Lipinski definition) is 3. The largest absolute Gasteiger partial charge is 0.481 e. The van der Waals surface area contributed by atoms with Crippen LogP contribution in [0.1, 0.15) is 25.5 Å². The average Bonchev–Trinajstić information content (AvgIpc) is 2.36. The first-order chi connectivity index (χ1) is 8.34. The Bertz CT molecular complexity index is 429. The number of benzene rings is 1. The number of nitrogens with one attached hydrogen (secondary N) is 1. The lowest BCUT2D eigenvalue weighted by atomic mass is 9.93. The Morgan fingerprint density at radius 2 is 1.89 bits per heavy atom. The van der Waals surface area contributed by atoms with Crippen LogP contribution in [-0.2, 0) is 9.59 Å². The van der Waals surface area contributed by atoms with Gasteiger partial charge in [-0.2, -0.15) is 0 Å². The normalized spacial score (nSPS) is 12.8. The van der Waals surface area contributed by atoms with E-state index in [1.807, 2.05) is 6.07 Å². The van der Waals surface area contributed by atoms with Gasteiger partial charge in [0.1, 0.15) is 6.04 Å². The molecule has 0 radical (unpaired) electrons. The molecule has 0 aliphatic carbocycles. The summed E-state index contributed by atoms with van der Waals surface area (Å²) in [5, 5.41) is 11.5. The molecule has 5 nitrogen and oxygen atoms in total.